The summed E-state index contributed by atoms with van der Waals surface area (Å²) in [4.78, 5) is 19.9. The fourth-order valence-corrected chi connectivity index (χ4v) is 2.26. The third-order valence-corrected chi connectivity index (χ3v) is 3.40. The maximum Gasteiger partial charge on any atom is 0.166 e. The lowest BCUT2D eigenvalue weighted by Crippen LogP contribution is -2.02. The quantitative estimate of drug-likeness (QED) is 0.714. The van der Waals surface area contributed by atoms with Gasteiger partial charge in [-0.05, 0) is 31.2 Å². The maximum absolute atomic E-state index is 13.9. The smallest absolute Gasteiger partial charge is 0.166 e. The minimum atomic E-state index is -0.423. The number of rotatable bonds is 4. The van der Waals surface area contributed by atoms with E-state index in [0.717, 1.165) is 0 Å². The summed E-state index contributed by atoms with van der Waals surface area (Å²) in [6, 6.07) is 14.8. The summed E-state index contributed by atoms with van der Waals surface area (Å²) >= 11 is 0. The van der Waals surface area contributed by atoms with Crippen molar-refractivity contribution in [3.63, 3.8) is 0 Å². The van der Waals surface area contributed by atoms with E-state index in [1.54, 1.807) is 48.5 Å². The van der Waals surface area contributed by atoms with E-state index in [9.17, 15) is 9.18 Å². The van der Waals surface area contributed by atoms with Gasteiger partial charge < -0.3 is 11.1 Å². The summed E-state index contributed by atoms with van der Waals surface area (Å²) in [5, 5.41) is 3.06. The van der Waals surface area contributed by atoms with Gasteiger partial charge in [0.1, 0.15) is 17.5 Å². The Hall–Kier alpha value is -3.28. The number of carbonyl (C=O) groups excluding carboxylic acids is 1. The Kier molecular flexibility index (Phi) is 4.20. The number of hydrogen-bond acceptors (Lipinski definition) is 5. The van der Waals surface area contributed by atoms with Gasteiger partial charge in [-0.25, -0.2) is 14.4 Å². The van der Waals surface area contributed by atoms with Crippen LogP contribution in [0.3, 0.4) is 0 Å². The second-order valence-electron chi connectivity index (χ2n) is 5.24. The first-order valence-electron chi connectivity index (χ1n) is 7.30. The van der Waals surface area contributed by atoms with Crippen molar-refractivity contribution < 1.29 is 9.18 Å². The second kappa shape index (κ2) is 6.45. The number of carbonyl (C=O) groups is 1. The number of aromatic nitrogens is 2. The van der Waals surface area contributed by atoms with E-state index in [1.807, 2.05) is 0 Å². The number of nitrogens with zero attached hydrogens (tertiary/aromatic N) is 2. The van der Waals surface area contributed by atoms with E-state index in [0.29, 0.717) is 17.1 Å². The van der Waals surface area contributed by atoms with Crippen molar-refractivity contribution in [3.8, 4) is 11.4 Å². The molecule has 0 spiro atoms. The summed E-state index contributed by atoms with van der Waals surface area (Å²) in [6.45, 7) is 1.50. The molecule has 0 unspecified atom stereocenters. The highest BCUT2D eigenvalue weighted by atomic mass is 19.1. The van der Waals surface area contributed by atoms with Crippen molar-refractivity contribution in [3.05, 3.63) is 66.0 Å². The van der Waals surface area contributed by atoms with Gasteiger partial charge in [0.15, 0.2) is 11.6 Å². The molecule has 0 amide bonds. The molecule has 3 N–H and O–H groups in total. The van der Waals surface area contributed by atoms with E-state index >= 15 is 0 Å². The molecule has 0 bridgehead atoms. The lowest BCUT2D eigenvalue weighted by atomic mass is 10.1. The van der Waals surface area contributed by atoms with Crippen molar-refractivity contribution in [2.45, 2.75) is 6.92 Å². The minimum Gasteiger partial charge on any atom is -0.384 e. The molecule has 0 saturated carbocycles. The summed E-state index contributed by atoms with van der Waals surface area (Å²) in [5.74, 6) is 0.369. The zero-order valence-electron chi connectivity index (χ0n) is 13.0. The van der Waals surface area contributed by atoms with Crippen molar-refractivity contribution in [1.29, 1.82) is 0 Å². The number of ketones is 1. The lowest BCUT2D eigenvalue weighted by Gasteiger charge is -2.09. The molecule has 24 heavy (non-hydrogen) atoms. The van der Waals surface area contributed by atoms with Gasteiger partial charge >= 0.3 is 0 Å². The van der Waals surface area contributed by atoms with E-state index in [2.05, 4.69) is 15.3 Å². The SMILES string of the molecule is CC(=O)c1cccc(Nc2cc(N)nc(-c3ccccc3F)n2)c1. The van der Waals surface area contributed by atoms with Crippen LogP contribution in [-0.4, -0.2) is 15.8 Å². The number of halogens is 1. The number of nitrogens with one attached hydrogen (secondary N) is 1. The molecule has 5 nitrogen and oxygen atoms in total. The van der Waals surface area contributed by atoms with Gasteiger partial charge in [-0.15, -0.1) is 0 Å². The van der Waals surface area contributed by atoms with Gasteiger partial charge in [0.05, 0.1) is 5.56 Å². The largest absolute Gasteiger partial charge is 0.384 e. The molecule has 2 aromatic carbocycles. The normalized spacial score (nSPS) is 10.4. The first-order chi connectivity index (χ1) is 11.5. The molecule has 0 aliphatic heterocycles. The standard InChI is InChI=1S/C18H15FN4O/c1-11(24)12-5-4-6-13(9-12)21-17-10-16(20)22-18(23-17)14-7-2-3-8-15(14)19/h2-10H,1H3,(H3,20,21,22,23). The van der Waals surface area contributed by atoms with E-state index < -0.39 is 5.82 Å². The Labute approximate surface area is 138 Å². The van der Waals surface area contributed by atoms with Gasteiger partial charge in [-0.3, -0.25) is 4.79 Å². The highest BCUT2D eigenvalue weighted by Crippen LogP contribution is 2.24. The third kappa shape index (κ3) is 3.38. The highest BCUT2D eigenvalue weighted by Gasteiger charge is 2.10. The van der Waals surface area contributed by atoms with Crippen LogP contribution in [0.1, 0.15) is 17.3 Å². The average Bonchev–Trinajstić information content (AvgIpc) is 2.55. The number of hydrogen-bond donors (Lipinski definition) is 2. The number of nitrogens with two attached hydrogens (primary N) is 1. The number of benzene rings is 2. The van der Waals surface area contributed by atoms with Crippen LogP contribution >= 0.6 is 0 Å². The Morgan fingerprint density at radius 3 is 2.62 bits per heavy atom. The van der Waals surface area contributed by atoms with Crippen LogP contribution < -0.4 is 11.1 Å². The Bertz CT molecular complexity index is 911. The molecule has 0 aliphatic rings. The second-order valence-corrected chi connectivity index (χ2v) is 5.24. The lowest BCUT2D eigenvalue weighted by molar-refractivity contribution is 0.101. The van der Waals surface area contributed by atoms with Crippen molar-refractivity contribution in [2.24, 2.45) is 0 Å². The van der Waals surface area contributed by atoms with Crippen molar-refractivity contribution in [1.82, 2.24) is 9.97 Å². The molecule has 6 heteroatoms. The summed E-state index contributed by atoms with van der Waals surface area (Å²) < 4.78 is 13.9. The first-order valence-corrected chi connectivity index (χ1v) is 7.30. The first kappa shape index (κ1) is 15.6. The van der Waals surface area contributed by atoms with Crippen LogP contribution in [0.15, 0.2) is 54.6 Å². The van der Waals surface area contributed by atoms with Crippen LogP contribution in [-0.2, 0) is 0 Å². The predicted molar refractivity (Wildman–Crippen MR) is 91.6 cm³/mol. The van der Waals surface area contributed by atoms with E-state index in [1.165, 1.54) is 13.0 Å². The van der Waals surface area contributed by atoms with Crippen LogP contribution in [0.2, 0.25) is 0 Å². The number of anilines is 3. The van der Waals surface area contributed by atoms with Gasteiger partial charge in [0, 0.05) is 17.3 Å². The Balaban J connectivity index is 1.96. The molecule has 120 valence electrons. The number of Topliss-reactive ketones (excluding diaryl/α,β-unsaturated/α-hetero) is 1. The van der Waals surface area contributed by atoms with Crippen LogP contribution in [0.4, 0.5) is 21.7 Å². The van der Waals surface area contributed by atoms with E-state index in [4.69, 9.17) is 5.73 Å². The van der Waals surface area contributed by atoms with Gasteiger partial charge in [-0.1, -0.05) is 24.3 Å². The van der Waals surface area contributed by atoms with Gasteiger partial charge in [0.2, 0.25) is 0 Å². The molecule has 0 saturated heterocycles. The van der Waals surface area contributed by atoms with Gasteiger partial charge in [-0.2, -0.15) is 0 Å². The fraction of sp³-hybridized carbons (Fsp3) is 0.0556. The molecular weight excluding hydrogens is 307 g/mol. The molecule has 0 fully saturated rings. The van der Waals surface area contributed by atoms with Crippen molar-refractivity contribution >= 4 is 23.1 Å². The number of nitrogen functional groups attached to an aromatic ring is 1. The molecule has 0 aliphatic carbocycles. The average molecular weight is 322 g/mol. The van der Waals surface area contributed by atoms with Gasteiger partial charge in [0.25, 0.3) is 0 Å². The molecule has 1 heterocycles. The maximum atomic E-state index is 13.9. The fourth-order valence-electron chi connectivity index (χ4n) is 2.26. The minimum absolute atomic E-state index is 0.0344. The Morgan fingerprint density at radius 2 is 1.88 bits per heavy atom. The van der Waals surface area contributed by atoms with Crippen LogP contribution in [0, 0.1) is 5.82 Å². The summed E-state index contributed by atoms with van der Waals surface area (Å²) in [5.41, 5.74) is 7.34. The molecule has 0 radical (unpaired) electrons. The molecular formula is C18H15FN4O. The zero-order valence-corrected chi connectivity index (χ0v) is 13.0. The molecule has 3 aromatic rings. The molecule has 3 rings (SSSR count). The topological polar surface area (TPSA) is 80.9 Å². The summed E-state index contributed by atoms with van der Waals surface area (Å²) in [7, 11) is 0. The third-order valence-electron chi connectivity index (χ3n) is 3.40. The van der Waals surface area contributed by atoms with Crippen molar-refractivity contribution in [2.75, 3.05) is 11.1 Å². The molecule has 0 atom stereocenters. The molecule has 1 aromatic heterocycles. The zero-order chi connectivity index (χ0) is 17.1. The van der Waals surface area contributed by atoms with Crippen LogP contribution in [0.5, 0.6) is 0 Å². The highest BCUT2D eigenvalue weighted by molar-refractivity contribution is 5.95. The van der Waals surface area contributed by atoms with Crippen LogP contribution in [0.25, 0.3) is 11.4 Å². The van der Waals surface area contributed by atoms with E-state index in [-0.39, 0.29) is 23.0 Å². The summed E-state index contributed by atoms with van der Waals surface area (Å²) in [6.07, 6.45) is 0. The predicted octanol–water partition coefficient (Wildman–Crippen LogP) is 3.81. The Morgan fingerprint density at radius 1 is 1.08 bits per heavy atom. The monoisotopic (exact) mass is 322 g/mol.